The van der Waals surface area contributed by atoms with Gasteiger partial charge in [-0.25, -0.2) is 13.5 Å². The third-order valence-electron chi connectivity index (χ3n) is 2.00. The van der Waals surface area contributed by atoms with Crippen molar-refractivity contribution < 1.29 is 26.3 Å². The zero-order valence-corrected chi connectivity index (χ0v) is 8.34. The first-order chi connectivity index (χ1) is 8.29. The molecule has 0 N–H and O–H groups in total. The van der Waals surface area contributed by atoms with Crippen LogP contribution in [0, 0.1) is 17.6 Å². The minimum Gasteiger partial charge on any atom is -0.219 e. The number of hydrogen-bond acceptors (Lipinski definition) is 2. The van der Waals surface area contributed by atoms with E-state index in [0.29, 0.717) is 17.1 Å². The Labute approximate surface area is 95.7 Å². The summed E-state index contributed by atoms with van der Waals surface area (Å²) >= 11 is 0. The zero-order chi connectivity index (χ0) is 13.5. The third kappa shape index (κ3) is 2.15. The van der Waals surface area contributed by atoms with Crippen molar-refractivity contribution in [1.29, 1.82) is 0 Å². The quantitative estimate of drug-likeness (QED) is 0.587. The highest BCUT2D eigenvalue weighted by atomic mass is 19.4. The van der Waals surface area contributed by atoms with E-state index in [-0.39, 0.29) is 6.07 Å². The molecule has 0 saturated carbocycles. The van der Waals surface area contributed by atoms with Crippen molar-refractivity contribution >= 4 is 0 Å². The Kier molecular flexibility index (Phi) is 2.76. The summed E-state index contributed by atoms with van der Waals surface area (Å²) in [4.78, 5) is 2.85. The summed E-state index contributed by atoms with van der Waals surface area (Å²) in [5, 5.41) is 3.19. The molecule has 0 spiro atoms. The average Bonchev–Trinajstić information content (AvgIpc) is 2.72. The average molecular weight is 267 g/mol. The van der Waals surface area contributed by atoms with Crippen LogP contribution in [0.1, 0.15) is 5.56 Å². The lowest BCUT2D eigenvalue weighted by Crippen LogP contribution is -2.06. The molecule has 0 fully saturated rings. The largest absolute Gasteiger partial charge is 0.419 e. The van der Waals surface area contributed by atoms with Gasteiger partial charge in [-0.1, -0.05) is 0 Å². The van der Waals surface area contributed by atoms with Crippen molar-refractivity contribution in [3.05, 3.63) is 41.6 Å². The van der Waals surface area contributed by atoms with Crippen LogP contribution in [0.2, 0.25) is 0 Å². The standard InChI is InChI=1S/C9H3F6N3/c10-5-1-6(11)8(17-7(5)12)18-3-4(2-16-18)9(13,14)15/h1-3H. The first-order valence-corrected chi connectivity index (χ1v) is 4.43. The Morgan fingerprint density at radius 1 is 1.06 bits per heavy atom. The van der Waals surface area contributed by atoms with Crippen LogP contribution in [-0.4, -0.2) is 14.8 Å². The molecule has 96 valence electrons. The number of halogens is 6. The molecular formula is C9H3F6N3. The molecule has 0 amide bonds. The molecule has 0 saturated heterocycles. The Bertz CT molecular complexity index is 588. The van der Waals surface area contributed by atoms with Crippen LogP contribution in [-0.2, 0) is 6.18 Å². The first kappa shape index (κ1) is 12.4. The molecule has 0 aliphatic carbocycles. The number of nitrogens with zero attached hydrogens (tertiary/aromatic N) is 3. The molecule has 2 aromatic rings. The number of hydrogen-bond donors (Lipinski definition) is 0. The molecule has 2 rings (SSSR count). The fourth-order valence-corrected chi connectivity index (χ4v) is 1.18. The van der Waals surface area contributed by atoms with Crippen molar-refractivity contribution in [3.63, 3.8) is 0 Å². The summed E-state index contributed by atoms with van der Waals surface area (Å²) in [7, 11) is 0. The number of alkyl halides is 3. The van der Waals surface area contributed by atoms with Gasteiger partial charge in [0, 0.05) is 12.3 Å². The van der Waals surface area contributed by atoms with Crippen LogP contribution in [0.15, 0.2) is 18.5 Å². The van der Waals surface area contributed by atoms with Gasteiger partial charge >= 0.3 is 6.18 Å². The summed E-state index contributed by atoms with van der Waals surface area (Å²) in [6, 6.07) is 0.173. The van der Waals surface area contributed by atoms with Crippen LogP contribution >= 0.6 is 0 Å². The third-order valence-corrected chi connectivity index (χ3v) is 2.00. The second-order valence-electron chi connectivity index (χ2n) is 3.24. The highest BCUT2D eigenvalue weighted by Gasteiger charge is 2.32. The van der Waals surface area contributed by atoms with Crippen LogP contribution in [0.5, 0.6) is 0 Å². The van der Waals surface area contributed by atoms with Gasteiger partial charge < -0.3 is 0 Å². The molecule has 9 heteroatoms. The van der Waals surface area contributed by atoms with E-state index in [1.54, 1.807) is 0 Å². The molecule has 3 nitrogen and oxygen atoms in total. The van der Waals surface area contributed by atoms with E-state index in [2.05, 4.69) is 10.1 Å². The molecule has 0 aliphatic rings. The summed E-state index contributed by atoms with van der Waals surface area (Å²) in [6.07, 6.45) is -3.83. The maximum absolute atomic E-state index is 13.2. The molecule has 0 aliphatic heterocycles. The summed E-state index contributed by atoms with van der Waals surface area (Å²) in [6.45, 7) is 0. The minimum atomic E-state index is -4.67. The fraction of sp³-hybridized carbons (Fsp3) is 0.111. The van der Waals surface area contributed by atoms with E-state index in [1.807, 2.05) is 0 Å². The van der Waals surface area contributed by atoms with Gasteiger partial charge in [-0.05, 0) is 0 Å². The van der Waals surface area contributed by atoms with Crippen molar-refractivity contribution in [2.45, 2.75) is 6.18 Å². The lowest BCUT2D eigenvalue weighted by Gasteiger charge is -2.03. The molecule has 2 heterocycles. The van der Waals surface area contributed by atoms with Crippen LogP contribution in [0.25, 0.3) is 5.82 Å². The predicted octanol–water partition coefficient (Wildman–Crippen LogP) is 2.70. The van der Waals surface area contributed by atoms with Gasteiger partial charge in [0.1, 0.15) is 0 Å². The van der Waals surface area contributed by atoms with E-state index in [1.165, 1.54) is 0 Å². The van der Waals surface area contributed by atoms with E-state index < -0.39 is 35.1 Å². The van der Waals surface area contributed by atoms with Gasteiger partial charge in [-0.2, -0.15) is 27.6 Å². The predicted molar refractivity (Wildman–Crippen MR) is 46.2 cm³/mol. The van der Waals surface area contributed by atoms with Crippen molar-refractivity contribution in [3.8, 4) is 5.82 Å². The lowest BCUT2D eigenvalue weighted by molar-refractivity contribution is -0.137. The van der Waals surface area contributed by atoms with Gasteiger partial charge in [0.15, 0.2) is 17.5 Å². The normalized spacial score (nSPS) is 11.9. The SMILES string of the molecule is Fc1cc(F)c(-n2cc(C(F)(F)F)cn2)nc1F. The minimum absolute atomic E-state index is 0.173. The molecular weight excluding hydrogens is 264 g/mol. The van der Waals surface area contributed by atoms with Gasteiger partial charge in [-0.3, -0.25) is 0 Å². The molecule has 2 aromatic heterocycles. The summed E-state index contributed by atoms with van der Waals surface area (Å²) < 4.78 is 75.7. The summed E-state index contributed by atoms with van der Waals surface area (Å²) in [5.41, 5.74) is -1.16. The van der Waals surface area contributed by atoms with E-state index >= 15 is 0 Å². The summed E-state index contributed by atoms with van der Waals surface area (Å²) in [5.74, 6) is -5.36. The van der Waals surface area contributed by atoms with Gasteiger partial charge in [-0.15, -0.1) is 0 Å². The fourth-order valence-electron chi connectivity index (χ4n) is 1.18. The van der Waals surface area contributed by atoms with Crippen LogP contribution < -0.4 is 0 Å². The molecule has 18 heavy (non-hydrogen) atoms. The topological polar surface area (TPSA) is 30.7 Å². The Morgan fingerprint density at radius 2 is 1.72 bits per heavy atom. The smallest absolute Gasteiger partial charge is 0.219 e. The zero-order valence-electron chi connectivity index (χ0n) is 8.34. The first-order valence-electron chi connectivity index (χ1n) is 4.43. The number of rotatable bonds is 1. The Balaban J connectivity index is 2.50. The molecule has 0 unspecified atom stereocenters. The van der Waals surface area contributed by atoms with Crippen molar-refractivity contribution in [2.75, 3.05) is 0 Å². The van der Waals surface area contributed by atoms with Crippen molar-refractivity contribution in [1.82, 2.24) is 14.8 Å². The highest BCUT2D eigenvalue weighted by molar-refractivity contribution is 5.26. The van der Waals surface area contributed by atoms with Gasteiger partial charge in [0.2, 0.25) is 0 Å². The highest BCUT2D eigenvalue weighted by Crippen LogP contribution is 2.29. The molecule has 0 atom stereocenters. The van der Waals surface area contributed by atoms with E-state index in [0.717, 1.165) is 0 Å². The van der Waals surface area contributed by atoms with Crippen LogP contribution in [0.3, 0.4) is 0 Å². The maximum Gasteiger partial charge on any atom is 0.419 e. The molecule has 0 radical (unpaired) electrons. The molecule has 0 bridgehead atoms. The monoisotopic (exact) mass is 267 g/mol. The van der Waals surface area contributed by atoms with E-state index in [9.17, 15) is 26.3 Å². The Morgan fingerprint density at radius 3 is 2.28 bits per heavy atom. The Hall–Kier alpha value is -2.06. The second kappa shape index (κ2) is 4.00. The number of pyridine rings is 1. The van der Waals surface area contributed by atoms with Crippen molar-refractivity contribution in [2.24, 2.45) is 0 Å². The number of aromatic nitrogens is 3. The lowest BCUT2D eigenvalue weighted by atomic mass is 10.3. The van der Waals surface area contributed by atoms with Gasteiger partial charge in [0.05, 0.1) is 11.8 Å². The van der Waals surface area contributed by atoms with Gasteiger partial charge in [0.25, 0.3) is 5.95 Å². The second-order valence-corrected chi connectivity index (χ2v) is 3.24. The van der Waals surface area contributed by atoms with E-state index in [4.69, 9.17) is 0 Å². The maximum atomic E-state index is 13.2. The molecule has 0 aromatic carbocycles. The van der Waals surface area contributed by atoms with Crippen LogP contribution in [0.4, 0.5) is 26.3 Å².